The van der Waals surface area contributed by atoms with Crippen LogP contribution in [0.4, 0.5) is 0 Å². The molecule has 4 heterocycles. The molecule has 0 N–H and O–H groups in total. The quantitative estimate of drug-likeness (QED) is 0.198. The average Bonchev–Trinajstić information content (AvgIpc) is 3.48. The number of hydrogen-bond acceptors (Lipinski definition) is 4. The molecule has 0 fully saturated rings. The van der Waals surface area contributed by atoms with E-state index in [1.165, 1.54) is 5.39 Å². The topological polar surface area (TPSA) is 52.8 Å². The molecule has 0 spiro atoms. The van der Waals surface area contributed by atoms with Gasteiger partial charge in [0.05, 0.1) is 33.5 Å². The normalized spacial score (nSPS) is 11.9. The molecular weight excluding hydrogens is 589 g/mol. The maximum atomic E-state index is 6.58. The number of para-hydroxylation sites is 1. The van der Waals surface area contributed by atoms with Gasteiger partial charge in [-0.1, -0.05) is 103 Å². The molecule has 5 heteroatoms. The SMILES string of the molecule is c1ccc(-c2cc(-c3cccc(-n4c5ccccc5c5cc6c(cc54)Oc4cccc5ccnc-6c45)c3)nc(-c3ccccc3)n2)cc1. The summed E-state index contributed by atoms with van der Waals surface area (Å²) in [7, 11) is 0. The number of fused-ring (bicyclic) bond motifs is 5. The summed E-state index contributed by atoms with van der Waals surface area (Å²) in [4.78, 5) is 14.9. The molecule has 10 rings (SSSR count). The lowest BCUT2D eigenvalue weighted by atomic mass is 9.98. The van der Waals surface area contributed by atoms with Crippen molar-refractivity contribution in [3.63, 3.8) is 0 Å². The number of rotatable bonds is 4. The second kappa shape index (κ2) is 10.5. The zero-order chi connectivity index (χ0) is 31.6. The summed E-state index contributed by atoms with van der Waals surface area (Å²) in [6.07, 6.45) is 1.88. The summed E-state index contributed by atoms with van der Waals surface area (Å²) in [6, 6.07) is 52.3. The molecule has 1 aliphatic rings. The van der Waals surface area contributed by atoms with E-state index in [0.717, 1.165) is 83.7 Å². The molecule has 224 valence electrons. The minimum Gasteiger partial charge on any atom is -0.456 e. The van der Waals surface area contributed by atoms with Crippen molar-refractivity contribution in [2.24, 2.45) is 0 Å². The highest BCUT2D eigenvalue weighted by Crippen LogP contribution is 2.48. The maximum Gasteiger partial charge on any atom is 0.160 e. The van der Waals surface area contributed by atoms with Crippen LogP contribution in [0.15, 0.2) is 158 Å². The van der Waals surface area contributed by atoms with Gasteiger partial charge in [0, 0.05) is 51.0 Å². The molecule has 0 unspecified atom stereocenters. The minimum atomic E-state index is 0.696. The van der Waals surface area contributed by atoms with Crippen LogP contribution in [0.3, 0.4) is 0 Å². The number of hydrogen-bond donors (Lipinski definition) is 0. The van der Waals surface area contributed by atoms with Crippen LogP contribution in [0, 0.1) is 0 Å². The van der Waals surface area contributed by atoms with Crippen LogP contribution in [0.2, 0.25) is 0 Å². The molecular formula is C43H26N4O. The lowest BCUT2D eigenvalue weighted by Gasteiger charge is -2.21. The summed E-state index contributed by atoms with van der Waals surface area (Å²) < 4.78 is 8.90. The van der Waals surface area contributed by atoms with E-state index in [1.807, 2.05) is 60.8 Å². The van der Waals surface area contributed by atoms with Crippen molar-refractivity contribution < 1.29 is 4.74 Å². The van der Waals surface area contributed by atoms with Crippen molar-refractivity contribution in [1.82, 2.24) is 19.5 Å². The summed E-state index contributed by atoms with van der Waals surface area (Å²) in [5.41, 5.74) is 9.97. The van der Waals surface area contributed by atoms with E-state index < -0.39 is 0 Å². The van der Waals surface area contributed by atoms with Gasteiger partial charge in [-0.05, 0) is 47.9 Å². The minimum absolute atomic E-state index is 0.696. The first kappa shape index (κ1) is 26.6. The summed E-state index contributed by atoms with van der Waals surface area (Å²) in [6.45, 7) is 0. The first-order valence-electron chi connectivity index (χ1n) is 16.0. The Morgan fingerprint density at radius 1 is 0.500 bits per heavy atom. The molecule has 0 bridgehead atoms. The van der Waals surface area contributed by atoms with E-state index in [1.54, 1.807) is 0 Å². The molecule has 0 saturated heterocycles. The fraction of sp³-hybridized carbons (Fsp3) is 0. The highest BCUT2D eigenvalue weighted by Gasteiger charge is 2.24. The van der Waals surface area contributed by atoms with Gasteiger partial charge < -0.3 is 9.30 Å². The van der Waals surface area contributed by atoms with Gasteiger partial charge in [0.2, 0.25) is 0 Å². The second-order valence-electron chi connectivity index (χ2n) is 12.1. The predicted octanol–water partition coefficient (Wildman–Crippen LogP) is 10.9. The third-order valence-electron chi connectivity index (χ3n) is 9.23. The second-order valence-corrected chi connectivity index (χ2v) is 12.1. The Morgan fingerprint density at radius 2 is 1.23 bits per heavy atom. The number of pyridine rings is 1. The van der Waals surface area contributed by atoms with E-state index in [0.29, 0.717) is 5.82 Å². The monoisotopic (exact) mass is 614 g/mol. The fourth-order valence-corrected chi connectivity index (χ4v) is 7.02. The molecule has 48 heavy (non-hydrogen) atoms. The van der Waals surface area contributed by atoms with Gasteiger partial charge >= 0.3 is 0 Å². The molecule has 0 saturated carbocycles. The molecule has 0 radical (unpaired) electrons. The van der Waals surface area contributed by atoms with Gasteiger partial charge in [-0.25, -0.2) is 9.97 Å². The Kier molecular flexibility index (Phi) is 5.81. The van der Waals surface area contributed by atoms with Crippen LogP contribution in [-0.4, -0.2) is 19.5 Å². The van der Waals surface area contributed by atoms with Gasteiger partial charge in [-0.2, -0.15) is 0 Å². The van der Waals surface area contributed by atoms with Crippen molar-refractivity contribution in [2.75, 3.05) is 0 Å². The van der Waals surface area contributed by atoms with Crippen LogP contribution < -0.4 is 4.74 Å². The van der Waals surface area contributed by atoms with E-state index >= 15 is 0 Å². The Hall–Kier alpha value is -6.59. The molecule has 0 atom stereocenters. The Morgan fingerprint density at radius 3 is 2.08 bits per heavy atom. The van der Waals surface area contributed by atoms with Crippen molar-refractivity contribution >= 4 is 32.6 Å². The van der Waals surface area contributed by atoms with E-state index in [9.17, 15) is 0 Å². The number of nitrogens with zero attached hydrogens (tertiary/aromatic N) is 4. The third-order valence-corrected chi connectivity index (χ3v) is 9.23. The Balaban J connectivity index is 1.18. The van der Waals surface area contributed by atoms with Gasteiger partial charge in [-0.15, -0.1) is 0 Å². The Bertz CT molecular complexity index is 2630. The van der Waals surface area contributed by atoms with Crippen LogP contribution in [0.5, 0.6) is 11.5 Å². The molecule has 5 nitrogen and oxygen atoms in total. The molecule has 9 aromatic rings. The molecule has 0 amide bonds. The van der Waals surface area contributed by atoms with Crippen molar-refractivity contribution in [3.8, 4) is 62.3 Å². The molecule has 1 aliphatic heterocycles. The van der Waals surface area contributed by atoms with Crippen LogP contribution in [0.1, 0.15) is 0 Å². The number of benzene rings is 6. The largest absolute Gasteiger partial charge is 0.456 e. The van der Waals surface area contributed by atoms with Gasteiger partial charge in [0.1, 0.15) is 11.5 Å². The van der Waals surface area contributed by atoms with Crippen molar-refractivity contribution in [1.29, 1.82) is 0 Å². The smallest absolute Gasteiger partial charge is 0.160 e. The lowest BCUT2D eigenvalue weighted by Crippen LogP contribution is -2.00. The van der Waals surface area contributed by atoms with Crippen molar-refractivity contribution in [3.05, 3.63) is 158 Å². The summed E-state index contributed by atoms with van der Waals surface area (Å²) >= 11 is 0. The van der Waals surface area contributed by atoms with Crippen LogP contribution in [-0.2, 0) is 0 Å². The van der Waals surface area contributed by atoms with E-state index in [-0.39, 0.29) is 0 Å². The lowest BCUT2D eigenvalue weighted by molar-refractivity contribution is 0.487. The predicted molar refractivity (Wildman–Crippen MR) is 193 cm³/mol. The average molecular weight is 615 g/mol. The fourth-order valence-electron chi connectivity index (χ4n) is 7.02. The zero-order valence-corrected chi connectivity index (χ0v) is 25.7. The Labute approximate surface area is 276 Å². The molecule has 3 aromatic heterocycles. The standard InChI is InChI=1S/C43H26N4O/c1-3-11-27(12-4-1)35-25-36(46-43(45-35)29-13-5-2-6-14-29)30-16-9-17-31(23-30)47-37-19-8-7-18-32(37)33-24-34-40(26-38(33)47)48-39-20-10-15-28-21-22-44-42(34)41(28)39/h1-26H. The summed E-state index contributed by atoms with van der Waals surface area (Å²) in [5, 5.41) is 4.50. The third kappa shape index (κ3) is 4.15. The zero-order valence-electron chi connectivity index (χ0n) is 25.7. The van der Waals surface area contributed by atoms with Crippen molar-refractivity contribution in [2.45, 2.75) is 0 Å². The first-order valence-corrected chi connectivity index (χ1v) is 16.0. The van der Waals surface area contributed by atoms with Gasteiger partial charge in [0.25, 0.3) is 0 Å². The van der Waals surface area contributed by atoms with Gasteiger partial charge in [0.15, 0.2) is 5.82 Å². The summed E-state index contributed by atoms with van der Waals surface area (Å²) in [5.74, 6) is 2.33. The molecule has 6 aromatic carbocycles. The highest BCUT2D eigenvalue weighted by atomic mass is 16.5. The molecule has 0 aliphatic carbocycles. The van der Waals surface area contributed by atoms with Gasteiger partial charge in [-0.3, -0.25) is 4.98 Å². The van der Waals surface area contributed by atoms with Crippen LogP contribution >= 0.6 is 0 Å². The highest BCUT2D eigenvalue weighted by molar-refractivity contribution is 6.13. The maximum absolute atomic E-state index is 6.58. The van der Waals surface area contributed by atoms with Crippen LogP contribution in [0.25, 0.3) is 83.4 Å². The van der Waals surface area contributed by atoms with E-state index in [2.05, 4.69) is 102 Å². The van der Waals surface area contributed by atoms with E-state index in [4.69, 9.17) is 19.7 Å². The number of aromatic nitrogens is 4. The number of ether oxygens (including phenoxy) is 1. The first-order chi connectivity index (χ1) is 23.8.